The summed E-state index contributed by atoms with van der Waals surface area (Å²) < 4.78 is 2.47. The van der Waals surface area contributed by atoms with E-state index in [1.54, 1.807) is 0 Å². The average Bonchev–Trinajstić information content (AvgIpc) is 3.80. The van der Waals surface area contributed by atoms with Crippen LogP contribution in [0.5, 0.6) is 0 Å². The van der Waals surface area contributed by atoms with Crippen molar-refractivity contribution in [1.82, 2.24) is 4.57 Å². The zero-order valence-electron chi connectivity index (χ0n) is 32.8. The fourth-order valence-corrected chi connectivity index (χ4v) is 10.3. The molecular formula is C57H40N2. The molecule has 0 aliphatic heterocycles. The van der Waals surface area contributed by atoms with Crippen LogP contribution < -0.4 is 4.90 Å². The van der Waals surface area contributed by atoms with Gasteiger partial charge in [-0.05, 0) is 99.0 Å². The Kier molecular flexibility index (Phi) is 7.46. The molecule has 0 saturated heterocycles. The number of anilines is 3. The summed E-state index contributed by atoms with van der Waals surface area (Å²) in [7, 11) is 0. The molecule has 0 fully saturated rings. The van der Waals surface area contributed by atoms with Crippen LogP contribution in [0.4, 0.5) is 17.1 Å². The van der Waals surface area contributed by atoms with Gasteiger partial charge in [0.15, 0.2) is 0 Å². The fourth-order valence-electron chi connectivity index (χ4n) is 10.3. The van der Waals surface area contributed by atoms with E-state index in [1.807, 2.05) is 0 Å². The van der Waals surface area contributed by atoms with Crippen molar-refractivity contribution in [3.63, 3.8) is 0 Å². The molecule has 12 rings (SSSR count). The zero-order valence-corrected chi connectivity index (χ0v) is 32.8. The Morgan fingerprint density at radius 3 is 2.00 bits per heavy atom. The highest BCUT2D eigenvalue weighted by molar-refractivity contribution is 6.11. The molecule has 0 spiro atoms. The molecule has 0 saturated carbocycles. The van der Waals surface area contributed by atoms with Crippen LogP contribution in [-0.2, 0) is 6.42 Å². The molecule has 278 valence electrons. The second-order valence-electron chi connectivity index (χ2n) is 16.3. The highest BCUT2D eigenvalue weighted by Gasteiger charge is 2.40. The lowest BCUT2D eigenvalue weighted by atomic mass is 9.67. The highest BCUT2D eigenvalue weighted by Crippen LogP contribution is 2.57. The SMILES string of the molecule is CC12C=CC=CC1=C1c3cc(N(c4ccc5c6ccccc6n(-c6ccccc6-c6ccccc6)c5c4)c4ccccc4-c4ccccc4)ccc3-c3cccc(c31)C2. The molecular weight excluding hydrogens is 713 g/mol. The minimum Gasteiger partial charge on any atom is -0.310 e. The van der Waals surface area contributed by atoms with E-state index in [-0.39, 0.29) is 5.41 Å². The summed E-state index contributed by atoms with van der Waals surface area (Å²) in [6.45, 7) is 2.40. The summed E-state index contributed by atoms with van der Waals surface area (Å²) in [5.41, 5.74) is 21.2. The molecule has 9 aromatic rings. The number of allylic oxidation sites excluding steroid dienone is 5. The third kappa shape index (κ3) is 5.13. The number of fused-ring (bicyclic) bond motifs is 7. The van der Waals surface area contributed by atoms with Gasteiger partial charge in [-0.2, -0.15) is 0 Å². The van der Waals surface area contributed by atoms with Crippen molar-refractivity contribution < 1.29 is 0 Å². The van der Waals surface area contributed by atoms with Crippen molar-refractivity contribution in [2.24, 2.45) is 5.41 Å². The van der Waals surface area contributed by atoms with E-state index in [0.717, 1.165) is 29.2 Å². The van der Waals surface area contributed by atoms with Crippen molar-refractivity contribution in [2.75, 3.05) is 4.90 Å². The molecule has 3 aliphatic carbocycles. The van der Waals surface area contributed by atoms with Gasteiger partial charge in [0.1, 0.15) is 0 Å². The predicted octanol–water partition coefficient (Wildman–Crippen LogP) is 15.1. The van der Waals surface area contributed by atoms with E-state index in [4.69, 9.17) is 0 Å². The molecule has 0 N–H and O–H groups in total. The standard InChI is InChI=1S/C57H40N2/c1-57-34-15-14-26-50(57)56-49-35-41(30-32-45(49)48-25-16-21-40(37-57)55(48)56)58(51-27-11-8-22-43(51)38-17-4-2-5-18-38)42-31-33-47-46-24-10-13-29-53(46)59(54(47)36-42)52-28-12-9-23-44(52)39-19-6-3-7-20-39/h2-36H,37H2,1H3. The summed E-state index contributed by atoms with van der Waals surface area (Å²) in [4.78, 5) is 2.49. The minimum absolute atomic E-state index is 0.0542. The van der Waals surface area contributed by atoms with E-state index in [2.05, 4.69) is 229 Å². The van der Waals surface area contributed by atoms with E-state index >= 15 is 0 Å². The van der Waals surface area contributed by atoms with Crippen molar-refractivity contribution in [2.45, 2.75) is 13.3 Å². The first-order chi connectivity index (χ1) is 29.1. The minimum atomic E-state index is -0.0542. The molecule has 2 heteroatoms. The number of benzene rings is 8. The molecule has 0 radical (unpaired) electrons. The topological polar surface area (TPSA) is 8.17 Å². The van der Waals surface area contributed by atoms with Crippen LogP contribution >= 0.6 is 0 Å². The second-order valence-corrected chi connectivity index (χ2v) is 16.3. The molecule has 59 heavy (non-hydrogen) atoms. The van der Waals surface area contributed by atoms with E-state index < -0.39 is 0 Å². The lowest BCUT2D eigenvalue weighted by molar-refractivity contribution is 0.515. The monoisotopic (exact) mass is 752 g/mol. The smallest absolute Gasteiger partial charge is 0.0562 e. The summed E-state index contributed by atoms with van der Waals surface area (Å²) in [5, 5.41) is 2.47. The maximum atomic E-state index is 2.49. The number of hydrogen-bond donors (Lipinski definition) is 0. The summed E-state index contributed by atoms with van der Waals surface area (Å²) in [6.07, 6.45) is 10.2. The quantitative estimate of drug-likeness (QED) is 0.164. The van der Waals surface area contributed by atoms with Gasteiger partial charge in [-0.25, -0.2) is 0 Å². The van der Waals surface area contributed by atoms with Gasteiger partial charge in [-0.1, -0.05) is 177 Å². The number of para-hydroxylation sites is 3. The molecule has 1 aromatic heterocycles. The largest absolute Gasteiger partial charge is 0.310 e. The Bertz CT molecular complexity index is 3250. The Labute approximate surface area is 345 Å². The van der Waals surface area contributed by atoms with Crippen LogP contribution in [0.3, 0.4) is 0 Å². The normalized spacial score (nSPS) is 16.0. The Hall–Kier alpha value is -7.42. The maximum absolute atomic E-state index is 2.49. The Morgan fingerprint density at radius 2 is 1.15 bits per heavy atom. The van der Waals surface area contributed by atoms with Crippen LogP contribution in [0.1, 0.15) is 23.6 Å². The number of hydrogen-bond acceptors (Lipinski definition) is 1. The molecule has 1 atom stereocenters. The highest BCUT2D eigenvalue weighted by atomic mass is 15.1. The van der Waals surface area contributed by atoms with Gasteiger partial charge in [0.2, 0.25) is 0 Å². The summed E-state index contributed by atoms with van der Waals surface area (Å²) in [6, 6.07) is 69.2. The maximum Gasteiger partial charge on any atom is 0.0562 e. The first-order valence-corrected chi connectivity index (χ1v) is 20.6. The molecule has 1 heterocycles. The first-order valence-electron chi connectivity index (χ1n) is 20.6. The lowest BCUT2D eigenvalue weighted by Gasteiger charge is -2.36. The van der Waals surface area contributed by atoms with E-state index in [1.165, 1.54) is 83.0 Å². The second kappa shape index (κ2) is 13.1. The van der Waals surface area contributed by atoms with Gasteiger partial charge in [0.25, 0.3) is 0 Å². The lowest BCUT2D eigenvalue weighted by Crippen LogP contribution is -2.25. The van der Waals surface area contributed by atoms with Gasteiger partial charge >= 0.3 is 0 Å². The number of aromatic nitrogens is 1. The van der Waals surface area contributed by atoms with Gasteiger partial charge in [0.05, 0.1) is 22.4 Å². The number of nitrogens with zero attached hydrogens (tertiary/aromatic N) is 2. The molecule has 2 nitrogen and oxygen atoms in total. The van der Waals surface area contributed by atoms with Gasteiger partial charge < -0.3 is 9.47 Å². The van der Waals surface area contributed by atoms with Gasteiger partial charge in [0, 0.05) is 38.7 Å². The van der Waals surface area contributed by atoms with Crippen LogP contribution in [0.2, 0.25) is 0 Å². The molecule has 0 bridgehead atoms. The van der Waals surface area contributed by atoms with E-state index in [0.29, 0.717) is 0 Å². The van der Waals surface area contributed by atoms with Crippen molar-refractivity contribution >= 4 is 44.4 Å². The zero-order chi connectivity index (χ0) is 39.1. The third-order valence-electron chi connectivity index (χ3n) is 12.9. The van der Waals surface area contributed by atoms with Crippen LogP contribution in [0.15, 0.2) is 218 Å². The number of rotatable bonds is 6. The molecule has 3 aliphatic rings. The van der Waals surface area contributed by atoms with E-state index in [9.17, 15) is 0 Å². The van der Waals surface area contributed by atoms with Gasteiger partial charge in [-0.3, -0.25) is 0 Å². The Morgan fingerprint density at radius 1 is 0.492 bits per heavy atom. The molecule has 0 amide bonds. The summed E-state index contributed by atoms with van der Waals surface area (Å²) in [5.74, 6) is 0. The molecule has 8 aromatic carbocycles. The third-order valence-corrected chi connectivity index (χ3v) is 12.9. The van der Waals surface area contributed by atoms with Crippen molar-refractivity contribution in [3.05, 3.63) is 235 Å². The molecule has 1 unspecified atom stereocenters. The summed E-state index contributed by atoms with van der Waals surface area (Å²) >= 11 is 0. The first kappa shape index (κ1) is 33.7. The average molecular weight is 753 g/mol. The van der Waals surface area contributed by atoms with Crippen molar-refractivity contribution in [1.29, 1.82) is 0 Å². The van der Waals surface area contributed by atoms with Crippen molar-refractivity contribution in [3.8, 4) is 39.1 Å². The predicted molar refractivity (Wildman–Crippen MR) is 248 cm³/mol. The van der Waals surface area contributed by atoms with Crippen LogP contribution in [0.25, 0.3) is 66.4 Å². The fraction of sp³-hybridized carbons (Fsp3) is 0.0526. The van der Waals surface area contributed by atoms with Crippen LogP contribution in [-0.4, -0.2) is 4.57 Å². The Balaban J connectivity index is 1.13. The van der Waals surface area contributed by atoms with Gasteiger partial charge in [-0.15, -0.1) is 0 Å². The van der Waals surface area contributed by atoms with Crippen LogP contribution in [0, 0.1) is 5.41 Å².